The van der Waals surface area contributed by atoms with E-state index in [1.54, 1.807) is 0 Å². The van der Waals surface area contributed by atoms with E-state index in [9.17, 15) is 4.79 Å². The summed E-state index contributed by atoms with van der Waals surface area (Å²) < 4.78 is 5.46. The standard InChI is InChI=1S/C15H22N2O2/c1-15(2,3)13(16-4)9-17-11-7-5-6-8-12(11)19-10-14(17)18/h5-8,13,16H,9-10H2,1-4H3. The van der Waals surface area contributed by atoms with Crippen LogP contribution in [0, 0.1) is 5.41 Å². The summed E-state index contributed by atoms with van der Waals surface area (Å²) in [5, 5.41) is 3.31. The van der Waals surface area contributed by atoms with Gasteiger partial charge in [0.05, 0.1) is 5.69 Å². The highest BCUT2D eigenvalue weighted by Gasteiger charge is 2.31. The van der Waals surface area contributed by atoms with Crippen LogP contribution < -0.4 is 15.0 Å². The highest BCUT2D eigenvalue weighted by atomic mass is 16.5. The summed E-state index contributed by atoms with van der Waals surface area (Å²) in [6.45, 7) is 7.29. The number of hydrogen-bond donors (Lipinski definition) is 1. The summed E-state index contributed by atoms with van der Waals surface area (Å²) in [6, 6.07) is 7.91. The van der Waals surface area contributed by atoms with E-state index in [1.807, 2.05) is 36.2 Å². The van der Waals surface area contributed by atoms with Crippen molar-refractivity contribution in [2.24, 2.45) is 5.41 Å². The Labute approximate surface area is 114 Å². The molecule has 0 saturated heterocycles. The number of amides is 1. The Hall–Kier alpha value is -1.55. The second-order valence-electron chi connectivity index (χ2n) is 5.97. The topological polar surface area (TPSA) is 41.6 Å². The monoisotopic (exact) mass is 262 g/mol. The average Bonchev–Trinajstić information content (AvgIpc) is 2.36. The van der Waals surface area contributed by atoms with Crippen LogP contribution in [-0.4, -0.2) is 32.1 Å². The Balaban J connectivity index is 2.26. The van der Waals surface area contributed by atoms with E-state index in [0.29, 0.717) is 6.54 Å². The van der Waals surface area contributed by atoms with E-state index < -0.39 is 0 Å². The lowest BCUT2D eigenvalue weighted by molar-refractivity contribution is -0.121. The van der Waals surface area contributed by atoms with Crippen LogP contribution in [0.4, 0.5) is 5.69 Å². The van der Waals surface area contributed by atoms with Crippen molar-refractivity contribution in [2.75, 3.05) is 25.1 Å². The van der Waals surface area contributed by atoms with E-state index in [1.165, 1.54) is 0 Å². The number of carbonyl (C=O) groups excluding carboxylic acids is 1. The smallest absolute Gasteiger partial charge is 0.265 e. The second kappa shape index (κ2) is 5.21. The average molecular weight is 262 g/mol. The number of rotatable bonds is 3. The first-order valence-electron chi connectivity index (χ1n) is 6.63. The maximum absolute atomic E-state index is 12.1. The van der Waals surface area contributed by atoms with Gasteiger partial charge in [0.1, 0.15) is 5.75 Å². The Bertz CT molecular complexity index is 465. The van der Waals surface area contributed by atoms with Crippen molar-refractivity contribution in [3.05, 3.63) is 24.3 Å². The molecule has 4 heteroatoms. The molecule has 0 aliphatic carbocycles. The lowest BCUT2D eigenvalue weighted by Gasteiger charge is -2.37. The fourth-order valence-electron chi connectivity index (χ4n) is 2.33. The Morgan fingerprint density at radius 2 is 2.05 bits per heavy atom. The number of carbonyl (C=O) groups is 1. The summed E-state index contributed by atoms with van der Waals surface area (Å²) in [5.74, 6) is 0.800. The van der Waals surface area contributed by atoms with Crippen molar-refractivity contribution >= 4 is 11.6 Å². The summed E-state index contributed by atoms with van der Waals surface area (Å²) in [6.07, 6.45) is 0. The first-order chi connectivity index (χ1) is 8.93. The molecule has 1 aliphatic heterocycles. The highest BCUT2D eigenvalue weighted by molar-refractivity contribution is 5.97. The van der Waals surface area contributed by atoms with Gasteiger partial charge in [-0.25, -0.2) is 0 Å². The third kappa shape index (κ3) is 2.89. The lowest BCUT2D eigenvalue weighted by atomic mass is 9.86. The highest BCUT2D eigenvalue weighted by Crippen LogP contribution is 2.32. The molecule has 0 radical (unpaired) electrons. The summed E-state index contributed by atoms with van der Waals surface area (Å²) in [4.78, 5) is 13.9. The number of nitrogens with zero attached hydrogens (tertiary/aromatic N) is 1. The van der Waals surface area contributed by atoms with Gasteiger partial charge in [-0.1, -0.05) is 32.9 Å². The molecule has 1 aromatic rings. The summed E-state index contributed by atoms with van der Waals surface area (Å²) in [7, 11) is 1.94. The number of ether oxygens (including phenoxy) is 1. The first-order valence-corrected chi connectivity index (χ1v) is 6.63. The number of benzene rings is 1. The number of nitrogens with one attached hydrogen (secondary N) is 1. The van der Waals surface area contributed by atoms with E-state index in [0.717, 1.165) is 11.4 Å². The van der Waals surface area contributed by atoms with Gasteiger partial charge in [-0.05, 0) is 24.6 Å². The molecule has 1 atom stereocenters. The van der Waals surface area contributed by atoms with E-state index in [2.05, 4.69) is 26.1 Å². The molecule has 1 N–H and O–H groups in total. The van der Waals surface area contributed by atoms with Gasteiger partial charge in [-0.3, -0.25) is 4.79 Å². The third-order valence-corrected chi connectivity index (χ3v) is 3.57. The van der Waals surface area contributed by atoms with Crippen LogP contribution in [0.3, 0.4) is 0 Å². The van der Waals surface area contributed by atoms with Gasteiger partial charge < -0.3 is 15.0 Å². The van der Waals surface area contributed by atoms with E-state index >= 15 is 0 Å². The van der Waals surface area contributed by atoms with E-state index in [-0.39, 0.29) is 24.0 Å². The molecule has 1 amide bonds. The van der Waals surface area contributed by atoms with Crippen molar-refractivity contribution in [2.45, 2.75) is 26.8 Å². The third-order valence-electron chi connectivity index (χ3n) is 3.57. The fourth-order valence-corrected chi connectivity index (χ4v) is 2.33. The molecule has 104 valence electrons. The van der Waals surface area contributed by atoms with Gasteiger partial charge in [0.15, 0.2) is 6.61 Å². The molecule has 0 bridgehead atoms. The predicted molar refractivity (Wildman–Crippen MR) is 76.6 cm³/mol. The van der Waals surface area contributed by atoms with Crippen LogP contribution in [0.5, 0.6) is 5.75 Å². The normalized spacial score (nSPS) is 16.8. The minimum atomic E-state index is 0.0169. The summed E-state index contributed by atoms with van der Waals surface area (Å²) >= 11 is 0. The van der Waals surface area contributed by atoms with Crippen molar-refractivity contribution in [1.29, 1.82) is 0 Å². The quantitative estimate of drug-likeness (QED) is 0.906. The number of fused-ring (bicyclic) bond motifs is 1. The maximum atomic E-state index is 12.1. The Kier molecular flexibility index (Phi) is 3.80. The first kappa shape index (κ1) is 13.9. The van der Waals surface area contributed by atoms with Crippen LogP contribution >= 0.6 is 0 Å². The van der Waals surface area contributed by atoms with Gasteiger partial charge in [0.2, 0.25) is 0 Å². The fraction of sp³-hybridized carbons (Fsp3) is 0.533. The molecule has 0 saturated carbocycles. The van der Waals surface area contributed by atoms with Crippen molar-refractivity contribution in [1.82, 2.24) is 5.32 Å². The molecule has 1 unspecified atom stereocenters. The SMILES string of the molecule is CNC(CN1C(=O)COc2ccccc21)C(C)(C)C. The second-order valence-corrected chi connectivity index (χ2v) is 5.97. The van der Waals surface area contributed by atoms with Gasteiger partial charge in [-0.15, -0.1) is 0 Å². The Morgan fingerprint density at radius 3 is 2.68 bits per heavy atom. The number of likely N-dealkylation sites (N-methyl/N-ethyl adjacent to an activating group) is 1. The van der Waals surface area contributed by atoms with Crippen LogP contribution in [0.15, 0.2) is 24.3 Å². The molecule has 2 rings (SSSR count). The van der Waals surface area contributed by atoms with Crippen molar-refractivity contribution in [3.8, 4) is 5.75 Å². The van der Waals surface area contributed by atoms with Gasteiger partial charge in [0.25, 0.3) is 5.91 Å². The molecular weight excluding hydrogens is 240 g/mol. The minimum absolute atomic E-state index is 0.0169. The lowest BCUT2D eigenvalue weighted by Crippen LogP contribution is -2.51. The van der Waals surface area contributed by atoms with Crippen LogP contribution in [0.25, 0.3) is 0 Å². The molecule has 19 heavy (non-hydrogen) atoms. The molecule has 1 aromatic carbocycles. The van der Waals surface area contributed by atoms with Gasteiger partial charge in [-0.2, -0.15) is 0 Å². The minimum Gasteiger partial charge on any atom is -0.482 e. The maximum Gasteiger partial charge on any atom is 0.265 e. The number of hydrogen-bond acceptors (Lipinski definition) is 3. The van der Waals surface area contributed by atoms with Crippen LogP contribution in [0.1, 0.15) is 20.8 Å². The molecule has 4 nitrogen and oxygen atoms in total. The zero-order valence-corrected chi connectivity index (χ0v) is 12.1. The summed E-state index contributed by atoms with van der Waals surface area (Å²) in [5.41, 5.74) is 0.950. The zero-order valence-electron chi connectivity index (χ0n) is 12.1. The molecular formula is C15H22N2O2. The van der Waals surface area contributed by atoms with Gasteiger partial charge in [0, 0.05) is 12.6 Å². The molecule has 1 heterocycles. The molecule has 0 fully saturated rings. The van der Waals surface area contributed by atoms with Crippen molar-refractivity contribution < 1.29 is 9.53 Å². The zero-order chi connectivity index (χ0) is 14.0. The molecule has 1 aliphatic rings. The largest absolute Gasteiger partial charge is 0.482 e. The van der Waals surface area contributed by atoms with Gasteiger partial charge >= 0.3 is 0 Å². The van der Waals surface area contributed by atoms with E-state index in [4.69, 9.17) is 4.74 Å². The molecule has 0 spiro atoms. The number of anilines is 1. The Morgan fingerprint density at radius 1 is 1.37 bits per heavy atom. The van der Waals surface area contributed by atoms with Crippen LogP contribution in [-0.2, 0) is 4.79 Å². The van der Waals surface area contributed by atoms with Crippen LogP contribution in [0.2, 0.25) is 0 Å². The number of para-hydroxylation sites is 2. The van der Waals surface area contributed by atoms with Crippen molar-refractivity contribution in [3.63, 3.8) is 0 Å². The predicted octanol–water partition coefficient (Wildman–Crippen LogP) is 2.05. The molecule has 0 aromatic heterocycles.